The van der Waals surface area contributed by atoms with Gasteiger partial charge in [0.2, 0.25) is 0 Å². The minimum absolute atomic E-state index is 0.110. The molecule has 2 atom stereocenters. The largest absolute Gasteiger partial charge is 0.371 e. The van der Waals surface area contributed by atoms with Gasteiger partial charge in [0.1, 0.15) is 6.10 Å². The van der Waals surface area contributed by atoms with Crippen LogP contribution in [0.1, 0.15) is 28.7 Å². The van der Waals surface area contributed by atoms with E-state index in [1.165, 1.54) is 14.2 Å². The lowest BCUT2D eigenvalue weighted by molar-refractivity contribution is 0.00233. The summed E-state index contributed by atoms with van der Waals surface area (Å²) in [5.41, 5.74) is 6.04. The van der Waals surface area contributed by atoms with Crippen molar-refractivity contribution in [1.29, 1.82) is 0 Å². The van der Waals surface area contributed by atoms with Crippen LogP contribution in [0.2, 0.25) is 0 Å². The minimum atomic E-state index is 0.110. The summed E-state index contributed by atoms with van der Waals surface area (Å²) >= 11 is 5.29. The van der Waals surface area contributed by atoms with Crippen LogP contribution < -0.4 is 5.73 Å². The summed E-state index contributed by atoms with van der Waals surface area (Å²) in [5.74, 6) is 0. The maximum Gasteiger partial charge on any atom is 0.107 e. The van der Waals surface area contributed by atoms with Crippen LogP contribution >= 0.6 is 27.3 Å². The van der Waals surface area contributed by atoms with Gasteiger partial charge in [-0.25, -0.2) is 0 Å². The van der Waals surface area contributed by atoms with Crippen LogP contribution in [0.3, 0.4) is 0 Å². The number of rotatable bonds is 1. The second-order valence-electron chi connectivity index (χ2n) is 3.65. The van der Waals surface area contributed by atoms with Crippen LogP contribution in [0, 0.1) is 6.92 Å². The van der Waals surface area contributed by atoms with E-state index in [4.69, 9.17) is 10.5 Å². The Hall–Kier alpha value is 0.100. The Morgan fingerprint density at radius 2 is 2.43 bits per heavy atom. The van der Waals surface area contributed by atoms with Crippen LogP contribution in [0.5, 0.6) is 0 Å². The zero-order valence-electron chi connectivity index (χ0n) is 8.13. The van der Waals surface area contributed by atoms with E-state index in [2.05, 4.69) is 28.9 Å². The molecule has 1 aliphatic heterocycles. The van der Waals surface area contributed by atoms with Gasteiger partial charge in [0.15, 0.2) is 0 Å². The molecule has 1 fully saturated rings. The molecule has 2 rings (SSSR count). The first-order chi connectivity index (χ1) is 6.68. The first-order valence-corrected chi connectivity index (χ1v) is 6.42. The first-order valence-electron chi connectivity index (χ1n) is 4.81. The van der Waals surface area contributed by atoms with E-state index in [0.717, 1.165) is 19.4 Å². The number of ether oxygens (including phenoxy) is 1. The van der Waals surface area contributed by atoms with Crippen molar-refractivity contribution in [2.45, 2.75) is 31.9 Å². The van der Waals surface area contributed by atoms with Crippen molar-refractivity contribution in [3.63, 3.8) is 0 Å². The van der Waals surface area contributed by atoms with Crippen molar-refractivity contribution >= 4 is 27.3 Å². The van der Waals surface area contributed by atoms with E-state index in [1.807, 2.05) is 0 Å². The summed E-state index contributed by atoms with van der Waals surface area (Å²) in [6.45, 7) is 2.94. The maximum atomic E-state index is 6.04. The average Bonchev–Trinajstić information content (AvgIpc) is 2.48. The van der Waals surface area contributed by atoms with Gasteiger partial charge in [-0.05, 0) is 41.8 Å². The van der Waals surface area contributed by atoms with E-state index in [9.17, 15) is 0 Å². The van der Waals surface area contributed by atoms with Gasteiger partial charge >= 0.3 is 0 Å². The average molecular weight is 276 g/mol. The molecule has 14 heavy (non-hydrogen) atoms. The fraction of sp³-hybridized carbons (Fsp3) is 0.600. The number of halogens is 1. The van der Waals surface area contributed by atoms with Gasteiger partial charge < -0.3 is 10.5 Å². The van der Waals surface area contributed by atoms with E-state index < -0.39 is 0 Å². The zero-order chi connectivity index (χ0) is 10.1. The fourth-order valence-corrected chi connectivity index (χ4v) is 3.41. The molecule has 0 spiro atoms. The summed E-state index contributed by atoms with van der Waals surface area (Å²) in [5, 5.41) is 0. The number of nitrogens with two attached hydrogens (primary N) is 1. The van der Waals surface area contributed by atoms with Crippen molar-refractivity contribution in [3.05, 3.63) is 20.3 Å². The van der Waals surface area contributed by atoms with E-state index in [-0.39, 0.29) is 12.1 Å². The third kappa shape index (κ3) is 2.03. The normalized spacial score (nSPS) is 27.9. The molecule has 1 saturated heterocycles. The van der Waals surface area contributed by atoms with Crippen molar-refractivity contribution in [2.24, 2.45) is 5.73 Å². The molecule has 2 N–H and O–H groups in total. The molecule has 0 bridgehead atoms. The molecule has 2 unspecified atom stereocenters. The first kappa shape index (κ1) is 10.6. The molecule has 0 aromatic carbocycles. The van der Waals surface area contributed by atoms with E-state index in [0.29, 0.717) is 0 Å². The lowest BCUT2D eigenvalue weighted by atomic mass is 10.0. The molecule has 1 aromatic rings. The summed E-state index contributed by atoms with van der Waals surface area (Å²) in [4.78, 5) is 2.54. The third-order valence-electron chi connectivity index (χ3n) is 2.52. The van der Waals surface area contributed by atoms with Crippen molar-refractivity contribution in [1.82, 2.24) is 0 Å². The molecule has 1 aromatic heterocycles. The molecule has 0 saturated carbocycles. The third-order valence-corrected chi connectivity index (χ3v) is 4.72. The van der Waals surface area contributed by atoms with Gasteiger partial charge in [0.25, 0.3) is 0 Å². The molecule has 2 heterocycles. The van der Waals surface area contributed by atoms with Crippen LogP contribution in [0.15, 0.2) is 10.5 Å². The molecule has 0 radical (unpaired) electrons. The molecule has 1 aliphatic rings. The van der Waals surface area contributed by atoms with Crippen molar-refractivity contribution < 1.29 is 4.74 Å². The Bertz CT molecular complexity index is 306. The highest BCUT2D eigenvalue weighted by molar-refractivity contribution is 9.10. The van der Waals surface area contributed by atoms with Gasteiger partial charge in [0, 0.05) is 26.9 Å². The maximum absolute atomic E-state index is 6.04. The Labute approximate surface area is 96.6 Å². The van der Waals surface area contributed by atoms with Gasteiger partial charge in [-0.2, -0.15) is 0 Å². The summed E-state index contributed by atoms with van der Waals surface area (Å²) in [6.07, 6.45) is 2.27. The van der Waals surface area contributed by atoms with Crippen LogP contribution in [-0.2, 0) is 4.74 Å². The number of hydrogen-bond donors (Lipinski definition) is 1. The Morgan fingerprint density at radius 1 is 1.64 bits per heavy atom. The molecule has 0 amide bonds. The molecular formula is C10H14BrNOS. The Morgan fingerprint density at radius 3 is 3.00 bits per heavy atom. The van der Waals surface area contributed by atoms with Gasteiger partial charge in [-0.1, -0.05) is 0 Å². The lowest BCUT2D eigenvalue weighted by Gasteiger charge is -2.27. The van der Waals surface area contributed by atoms with Crippen LogP contribution in [-0.4, -0.2) is 12.6 Å². The lowest BCUT2D eigenvalue weighted by Crippen LogP contribution is -2.33. The Balaban J connectivity index is 2.20. The standard InChI is InChI=1S/C10H14BrNOS/c1-6-7(11)5-9(14-6)10-8(12)3-2-4-13-10/h5,8,10H,2-4,12H2,1H3. The zero-order valence-corrected chi connectivity index (χ0v) is 10.5. The molecule has 2 nitrogen and oxygen atoms in total. The molecule has 4 heteroatoms. The van der Waals surface area contributed by atoms with Crippen LogP contribution in [0.25, 0.3) is 0 Å². The van der Waals surface area contributed by atoms with Gasteiger partial charge in [0.05, 0.1) is 0 Å². The van der Waals surface area contributed by atoms with E-state index in [1.54, 1.807) is 11.3 Å². The molecule has 0 aliphatic carbocycles. The summed E-state index contributed by atoms with van der Waals surface area (Å²) in [7, 11) is 0. The second-order valence-corrected chi connectivity index (χ2v) is 5.79. The minimum Gasteiger partial charge on any atom is -0.371 e. The highest BCUT2D eigenvalue weighted by Crippen LogP contribution is 2.35. The quantitative estimate of drug-likeness (QED) is 0.855. The Kier molecular flexibility index (Phi) is 3.27. The second kappa shape index (κ2) is 4.31. The van der Waals surface area contributed by atoms with Crippen LogP contribution in [0.4, 0.5) is 0 Å². The molecule has 78 valence electrons. The predicted molar refractivity (Wildman–Crippen MR) is 62.7 cm³/mol. The van der Waals surface area contributed by atoms with Crippen molar-refractivity contribution in [2.75, 3.05) is 6.61 Å². The highest BCUT2D eigenvalue weighted by Gasteiger charge is 2.25. The number of thiophene rings is 1. The van der Waals surface area contributed by atoms with E-state index >= 15 is 0 Å². The monoisotopic (exact) mass is 275 g/mol. The number of hydrogen-bond acceptors (Lipinski definition) is 3. The predicted octanol–water partition coefficient (Wildman–Crippen LogP) is 3.00. The van der Waals surface area contributed by atoms with Gasteiger partial charge in [-0.15, -0.1) is 11.3 Å². The summed E-state index contributed by atoms with van der Waals surface area (Å²) in [6, 6.07) is 2.30. The fourth-order valence-electron chi connectivity index (χ4n) is 1.72. The topological polar surface area (TPSA) is 35.2 Å². The highest BCUT2D eigenvalue weighted by atomic mass is 79.9. The smallest absolute Gasteiger partial charge is 0.107 e. The number of aryl methyl sites for hydroxylation is 1. The molecular weight excluding hydrogens is 262 g/mol. The van der Waals surface area contributed by atoms with Gasteiger partial charge in [-0.3, -0.25) is 0 Å². The summed E-state index contributed by atoms with van der Waals surface area (Å²) < 4.78 is 6.87. The van der Waals surface area contributed by atoms with Crippen molar-refractivity contribution in [3.8, 4) is 0 Å². The SMILES string of the molecule is Cc1sc(C2OCCCC2N)cc1Br.